The van der Waals surface area contributed by atoms with E-state index in [2.05, 4.69) is 5.48 Å². The fraction of sp³-hybridized carbons (Fsp3) is 0.440. The second-order valence-corrected chi connectivity index (χ2v) is 11.7. The summed E-state index contributed by atoms with van der Waals surface area (Å²) in [4.78, 5) is 31.3. The van der Waals surface area contributed by atoms with Crippen LogP contribution in [0.4, 0.5) is 0 Å². The van der Waals surface area contributed by atoms with Gasteiger partial charge >= 0.3 is 5.97 Å². The van der Waals surface area contributed by atoms with E-state index >= 15 is 0 Å². The minimum absolute atomic E-state index is 0.0304. The van der Waals surface area contributed by atoms with Gasteiger partial charge in [-0.15, -0.1) is 0 Å². The van der Waals surface area contributed by atoms with Gasteiger partial charge in [0.15, 0.2) is 9.84 Å². The number of carbonyl (C=O) groups is 2. The van der Waals surface area contributed by atoms with Crippen LogP contribution in [0.5, 0.6) is 5.75 Å². The maximum atomic E-state index is 13.8. The lowest BCUT2D eigenvalue weighted by Crippen LogP contribution is -2.61. The zero-order chi connectivity index (χ0) is 25.0. The number of carbonyl (C=O) groups excluding carboxylic acids is 2. The van der Waals surface area contributed by atoms with E-state index in [0.717, 1.165) is 5.56 Å². The van der Waals surface area contributed by atoms with Gasteiger partial charge in [-0.2, -0.15) is 0 Å². The molecule has 2 aromatic rings. The van der Waals surface area contributed by atoms with Crippen LogP contribution in [0.3, 0.4) is 0 Å². The van der Waals surface area contributed by atoms with Crippen molar-refractivity contribution in [1.82, 2.24) is 5.48 Å². The smallest absolute Gasteiger partial charge is 0.312 e. The molecule has 1 aliphatic rings. The molecule has 2 aromatic carbocycles. The molecule has 184 valence electrons. The van der Waals surface area contributed by atoms with Crippen LogP contribution in [0, 0.1) is 5.41 Å². The third-order valence-corrected chi connectivity index (χ3v) is 8.50. The molecule has 9 heteroatoms. The summed E-state index contributed by atoms with van der Waals surface area (Å²) in [6.45, 7) is 5.00. The summed E-state index contributed by atoms with van der Waals surface area (Å²) in [7, 11) is -2.57. The van der Waals surface area contributed by atoms with Gasteiger partial charge in [0, 0.05) is 0 Å². The second kappa shape index (κ2) is 10.1. The lowest BCUT2D eigenvalue weighted by molar-refractivity contribution is -0.172. The van der Waals surface area contributed by atoms with Gasteiger partial charge in [0.1, 0.15) is 10.5 Å². The first-order valence-electron chi connectivity index (χ1n) is 11.1. The van der Waals surface area contributed by atoms with Gasteiger partial charge in [-0.1, -0.05) is 30.3 Å². The van der Waals surface area contributed by atoms with E-state index in [1.807, 2.05) is 30.3 Å². The van der Waals surface area contributed by atoms with E-state index in [1.54, 1.807) is 32.9 Å². The highest BCUT2D eigenvalue weighted by Gasteiger charge is 2.60. The molecule has 0 radical (unpaired) electrons. The van der Waals surface area contributed by atoms with E-state index in [0.29, 0.717) is 12.2 Å². The van der Waals surface area contributed by atoms with Crippen LogP contribution in [0.25, 0.3) is 0 Å². The number of hydrogen-bond acceptors (Lipinski definition) is 7. The van der Waals surface area contributed by atoms with Crippen LogP contribution in [0.15, 0.2) is 59.5 Å². The Hall–Kier alpha value is -2.91. The summed E-state index contributed by atoms with van der Waals surface area (Å²) in [6.07, 6.45) is -0.641. The number of esters is 1. The molecule has 1 aliphatic carbocycles. The highest BCUT2D eigenvalue weighted by molar-refractivity contribution is 7.93. The van der Waals surface area contributed by atoms with Crippen molar-refractivity contribution in [1.29, 1.82) is 0 Å². The molecule has 34 heavy (non-hydrogen) atoms. The average molecular weight is 490 g/mol. The molecule has 8 nitrogen and oxygen atoms in total. The van der Waals surface area contributed by atoms with Crippen molar-refractivity contribution in [2.75, 3.05) is 7.11 Å². The molecule has 1 amide bonds. The van der Waals surface area contributed by atoms with E-state index in [1.165, 1.54) is 19.2 Å². The molecule has 1 saturated carbocycles. The number of benzene rings is 2. The van der Waals surface area contributed by atoms with Gasteiger partial charge in [0.05, 0.1) is 24.0 Å². The number of hydrogen-bond donors (Lipinski definition) is 1. The number of amides is 1. The third-order valence-electron chi connectivity index (χ3n) is 5.91. The predicted octanol–water partition coefficient (Wildman–Crippen LogP) is 3.60. The molecule has 0 aliphatic heterocycles. The third kappa shape index (κ3) is 5.26. The van der Waals surface area contributed by atoms with Gasteiger partial charge in [0.2, 0.25) is 6.10 Å². The largest absolute Gasteiger partial charge is 0.497 e. The summed E-state index contributed by atoms with van der Waals surface area (Å²) in [5.41, 5.74) is 2.19. The molecular formula is C25H31NO7S. The van der Waals surface area contributed by atoms with Crippen molar-refractivity contribution in [2.45, 2.75) is 62.4 Å². The number of rotatable bonds is 9. The number of nitrogens with one attached hydrogen (secondary N) is 1. The maximum absolute atomic E-state index is 13.8. The van der Waals surface area contributed by atoms with Crippen molar-refractivity contribution in [3.8, 4) is 5.75 Å². The minimum atomic E-state index is -4.05. The number of sulfone groups is 1. The normalized spacial score (nSPS) is 16.1. The molecular weight excluding hydrogens is 458 g/mol. The zero-order valence-electron chi connectivity index (χ0n) is 19.9. The molecule has 1 fully saturated rings. The highest BCUT2D eigenvalue weighted by Crippen LogP contribution is 2.47. The van der Waals surface area contributed by atoms with E-state index in [4.69, 9.17) is 14.3 Å². The fourth-order valence-electron chi connectivity index (χ4n) is 3.69. The van der Waals surface area contributed by atoms with Crippen molar-refractivity contribution >= 4 is 21.7 Å². The fourth-order valence-corrected chi connectivity index (χ4v) is 5.92. The molecule has 1 N–H and O–H groups in total. The molecule has 1 unspecified atom stereocenters. The van der Waals surface area contributed by atoms with Crippen LogP contribution in [0.2, 0.25) is 0 Å². The lowest BCUT2D eigenvalue weighted by Gasteiger charge is -2.45. The quantitative estimate of drug-likeness (QED) is 0.424. The molecule has 3 rings (SSSR count). The van der Waals surface area contributed by atoms with Crippen LogP contribution >= 0.6 is 0 Å². The highest BCUT2D eigenvalue weighted by atomic mass is 32.2. The minimum Gasteiger partial charge on any atom is -0.497 e. The molecule has 0 heterocycles. The zero-order valence-corrected chi connectivity index (χ0v) is 20.7. The number of hydroxylamine groups is 1. The Labute approximate surface area is 200 Å². The Bertz CT molecular complexity index is 1100. The van der Waals surface area contributed by atoms with Gasteiger partial charge < -0.3 is 9.47 Å². The summed E-state index contributed by atoms with van der Waals surface area (Å²) < 4.78 is 36.6. The Morgan fingerprint density at radius 2 is 1.65 bits per heavy atom. The van der Waals surface area contributed by atoms with Crippen molar-refractivity contribution in [2.24, 2.45) is 5.41 Å². The molecule has 1 atom stereocenters. The van der Waals surface area contributed by atoms with Crippen molar-refractivity contribution < 1.29 is 32.3 Å². The van der Waals surface area contributed by atoms with Crippen molar-refractivity contribution in [3.05, 3.63) is 60.2 Å². The Kier molecular flexibility index (Phi) is 7.67. The SMILES string of the molecule is COc1ccc(S(=O)(=O)C2(C(OC(=O)C(C)(C)C)C(=O)NOCc3ccccc3)CCC2)cc1. The van der Waals surface area contributed by atoms with E-state index < -0.39 is 38.0 Å². The lowest BCUT2D eigenvalue weighted by atomic mass is 9.79. The Morgan fingerprint density at radius 3 is 2.15 bits per heavy atom. The Morgan fingerprint density at radius 1 is 1.03 bits per heavy atom. The van der Waals surface area contributed by atoms with E-state index in [9.17, 15) is 18.0 Å². The van der Waals surface area contributed by atoms with Gasteiger partial charge in [-0.25, -0.2) is 13.9 Å². The molecule has 0 aromatic heterocycles. The summed E-state index contributed by atoms with van der Waals surface area (Å²) >= 11 is 0. The first-order chi connectivity index (χ1) is 16.0. The standard InChI is InChI=1S/C25H31NO7S/c1-24(2,3)23(28)33-21(22(27)26-32-17-18-9-6-5-7-10-18)25(15-8-16-25)34(29,30)20-13-11-19(31-4)12-14-20/h5-7,9-14,21H,8,15-17H2,1-4H3,(H,26,27). The summed E-state index contributed by atoms with van der Waals surface area (Å²) in [5, 5.41) is 0. The average Bonchev–Trinajstić information content (AvgIpc) is 2.77. The molecule has 0 bridgehead atoms. The summed E-state index contributed by atoms with van der Waals surface area (Å²) in [6, 6.07) is 15.1. The summed E-state index contributed by atoms with van der Waals surface area (Å²) in [5.74, 6) is -0.985. The second-order valence-electron chi connectivity index (χ2n) is 9.37. The first kappa shape index (κ1) is 25.7. The number of ether oxygens (including phenoxy) is 2. The van der Waals surface area contributed by atoms with Gasteiger partial charge in [-0.3, -0.25) is 14.4 Å². The monoisotopic (exact) mass is 489 g/mol. The van der Waals surface area contributed by atoms with E-state index in [-0.39, 0.29) is 24.3 Å². The first-order valence-corrected chi connectivity index (χ1v) is 12.5. The maximum Gasteiger partial charge on any atom is 0.312 e. The van der Waals surface area contributed by atoms with Crippen LogP contribution < -0.4 is 10.2 Å². The molecule has 0 saturated heterocycles. The Balaban J connectivity index is 1.90. The van der Waals surface area contributed by atoms with Crippen LogP contribution in [-0.4, -0.2) is 38.3 Å². The van der Waals surface area contributed by atoms with Crippen LogP contribution in [-0.2, 0) is 35.6 Å². The van der Waals surface area contributed by atoms with Gasteiger partial charge in [0.25, 0.3) is 5.91 Å². The van der Waals surface area contributed by atoms with Crippen molar-refractivity contribution in [3.63, 3.8) is 0 Å². The number of methoxy groups -OCH3 is 1. The molecule has 0 spiro atoms. The van der Waals surface area contributed by atoms with Crippen LogP contribution in [0.1, 0.15) is 45.6 Å². The topological polar surface area (TPSA) is 108 Å². The van der Waals surface area contributed by atoms with Gasteiger partial charge in [-0.05, 0) is 69.9 Å². The predicted molar refractivity (Wildman–Crippen MR) is 125 cm³/mol.